The molecule has 0 saturated heterocycles. The molecule has 0 aliphatic heterocycles. The first-order valence-electron chi connectivity index (χ1n) is 10.9. The minimum Gasteiger partial charge on any atom is -0.490 e. The van der Waals surface area contributed by atoms with Crippen molar-refractivity contribution in [2.24, 2.45) is 0 Å². The number of carboxylic acids is 1. The average molecular weight is 411 g/mol. The van der Waals surface area contributed by atoms with Crippen molar-refractivity contribution < 1.29 is 29.2 Å². The molecule has 0 aliphatic carbocycles. The van der Waals surface area contributed by atoms with E-state index in [-0.39, 0.29) is 18.8 Å². The highest BCUT2D eigenvalue weighted by Gasteiger charge is 2.12. The molecule has 0 bridgehead atoms. The molecule has 166 valence electrons. The first-order chi connectivity index (χ1) is 14.2. The van der Waals surface area contributed by atoms with Crippen LogP contribution in [0.4, 0.5) is 0 Å². The number of carbonyl (C=O) groups is 1. The van der Waals surface area contributed by atoms with Gasteiger partial charge in [-0.15, -0.1) is 0 Å². The highest BCUT2D eigenvalue weighted by molar-refractivity contribution is 5.91. The van der Waals surface area contributed by atoms with Crippen molar-refractivity contribution in [3.8, 4) is 5.75 Å². The molecule has 0 radical (unpaired) electrons. The van der Waals surface area contributed by atoms with Gasteiger partial charge in [0.25, 0.3) is 0 Å². The third-order valence-electron chi connectivity index (χ3n) is 4.69. The molecule has 6 nitrogen and oxygen atoms in total. The third kappa shape index (κ3) is 12.5. The fourth-order valence-corrected chi connectivity index (χ4v) is 3.09. The number of aliphatic hydroxyl groups excluding tert-OH is 1. The van der Waals surface area contributed by atoms with Crippen molar-refractivity contribution >= 4 is 5.97 Å². The minimum absolute atomic E-state index is 0.00385. The molecule has 1 rings (SSSR count). The summed E-state index contributed by atoms with van der Waals surface area (Å²) in [5.41, 5.74) is 1.24. The Hall–Kier alpha value is -1.63. The lowest BCUT2D eigenvalue weighted by Crippen LogP contribution is -2.13. The summed E-state index contributed by atoms with van der Waals surface area (Å²) >= 11 is 0. The van der Waals surface area contributed by atoms with Crippen LogP contribution in [0, 0.1) is 0 Å². The summed E-state index contributed by atoms with van der Waals surface area (Å²) < 4.78 is 16.0. The molecule has 0 aromatic heterocycles. The van der Waals surface area contributed by atoms with Gasteiger partial charge in [-0.2, -0.15) is 0 Å². The van der Waals surface area contributed by atoms with E-state index < -0.39 is 5.97 Å². The molecule has 0 unspecified atom stereocenters. The van der Waals surface area contributed by atoms with Gasteiger partial charge in [-0.05, 0) is 30.5 Å². The number of unbranched alkanes of at least 4 members (excludes halogenated alkanes) is 7. The largest absolute Gasteiger partial charge is 0.490 e. The fraction of sp³-hybridized carbons (Fsp3) is 0.696. The van der Waals surface area contributed by atoms with Crippen LogP contribution in [0.15, 0.2) is 18.2 Å². The molecule has 2 N–H and O–H groups in total. The van der Waals surface area contributed by atoms with Crippen LogP contribution in [-0.2, 0) is 15.9 Å². The summed E-state index contributed by atoms with van der Waals surface area (Å²) in [5.74, 6) is -0.603. The van der Waals surface area contributed by atoms with Gasteiger partial charge < -0.3 is 24.4 Å². The Morgan fingerprint density at radius 3 is 2.14 bits per heavy atom. The zero-order chi connectivity index (χ0) is 21.2. The van der Waals surface area contributed by atoms with Crippen LogP contribution >= 0.6 is 0 Å². The highest BCUT2D eigenvalue weighted by atomic mass is 16.5. The maximum atomic E-state index is 11.6. The van der Waals surface area contributed by atoms with E-state index in [1.807, 2.05) is 6.07 Å². The summed E-state index contributed by atoms with van der Waals surface area (Å²) in [6, 6.07) is 5.42. The van der Waals surface area contributed by atoms with Gasteiger partial charge >= 0.3 is 5.97 Å². The average Bonchev–Trinajstić information content (AvgIpc) is 2.72. The van der Waals surface area contributed by atoms with E-state index in [1.54, 1.807) is 12.1 Å². The smallest absolute Gasteiger partial charge is 0.339 e. The lowest BCUT2D eigenvalue weighted by Gasteiger charge is -2.11. The van der Waals surface area contributed by atoms with Gasteiger partial charge in [-0.3, -0.25) is 0 Å². The van der Waals surface area contributed by atoms with Crippen LogP contribution in [0.1, 0.15) is 74.2 Å². The predicted octanol–water partition coefficient (Wildman–Crippen LogP) is 4.47. The molecule has 1 aromatic carbocycles. The molecule has 0 fully saturated rings. The van der Waals surface area contributed by atoms with Crippen molar-refractivity contribution in [2.75, 3.05) is 39.6 Å². The summed E-state index contributed by atoms with van der Waals surface area (Å²) in [5, 5.41) is 18.1. The van der Waals surface area contributed by atoms with Gasteiger partial charge in [0.1, 0.15) is 17.9 Å². The van der Waals surface area contributed by atoms with Crippen molar-refractivity contribution in [1.29, 1.82) is 0 Å². The van der Waals surface area contributed by atoms with Gasteiger partial charge in [0.05, 0.1) is 33.0 Å². The van der Waals surface area contributed by atoms with Gasteiger partial charge in [0, 0.05) is 0 Å². The number of aliphatic hydroxyl groups is 1. The number of hydrogen-bond acceptors (Lipinski definition) is 5. The van der Waals surface area contributed by atoms with Crippen LogP contribution in [0.2, 0.25) is 0 Å². The molecule has 1 aromatic rings. The van der Waals surface area contributed by atoms with Gasteiger partial charge in [0.2, 0.25) is 0 Å². The van der Waals surface area contributed by atoms with Gasteiger partial charge in [0.15, 0.2) is 0 Å². The maximum absolute atomic E-state index is 11.6. The quantitative estimate of drug-likeness (QED) is 0.327. The van der Waals surface area contributed by atoms with Crippen LogP contribution in [-0.4, -0.2) is 55.8 Å². The number of rotatable bonds is 19. The monoisotopic (exact) mass is 410 g/mol. The Bertz CT molecular complexity index is 546. The van der Waals surface area contributed by atoms with Gasteiger partial charge in [-0.1, -0.05) is 57.9 Å². The number of hydrogen-bond donors (Lipinski definition) is 2. The van der Waals surface area contributed by atoms with Crippen LogP contribution in [0.5, 0.6) is 5.75 Å². The predicted molar refractivity (Wildman–Crippen MR) is 114 cm³/mol. The second-order valence-corrected chi connectivity index (χ2v) is 7.16. The molecule has 0 heterocycles. The van der Waals surface area contributed by atoms with E-state index in [1.165, 1.54) is 44.9 Å². The molecule has 0 saturated carbocycles. The zero-order valence-corrected chi connectivity index (χ0v) is 17.9. The van der Waals surface area contributed by atoms with E-state index in [4.69, 9.17) is 19.3 Å². The Labute approximate surface area is 175 Å². The number of ether oxygens (including phenoxy) is 3. The molecule has 29 heavy (non-hydrogen) atoms. The number of carboxylic acid groups (broad SMARTS) is 1. The number of aryl methyl sites for hydroxylation is 1. The standard InChI is InChI=1S/C23H38O6/c1-2-3-4-5-6-7-8-9-10-20-11-12-22(21(19-20)23(25)26)29-18-17-28-16-15-27-14-13-24/h11-12,19,24H,2-10,13-18H2,1H3,(H,25,26). The topological polar surface area (TPSA) is 85.2 Å². The summed E-state index contributed by atoms with van der Waals surface area (Å²) in [6.07, 6.45) is 11.0. The summed E-state index contributed by atoms with van der Waals surface area (Å²) in [7, 11) is 0. The van der Waals surface area contributed by atoms with E-state index in [0.29, 0.717) is 32.2 Å². The molecule has 0 spiro atoms. The molecular formula is C23H38O6. The van der Waals surface area contributed by atoms with Crippen LogP contribution in [0.25, 0.3) is 0 Å². The second-order valence-electron chi connectivity index (χ2n) is 7.16. The highest BCUT2D eigenvalue weighted by Crippen LogP contribution is 2.22. The molecule has 0 amide bonds. The lowest BCUT2D eigenvalue weighted by atomic mass is 10.0. The van der Waals surface area contributed by atoms with E-state index in [9.17, 15) is 9.90 Å². The van der Waals surface area contributed by atoms with Crippen molar-refractivity contribution in [2.45, 2.75) is 64.7 Å². The van der Waals surface area contributed by atoms with Crippen molar-refractivity contribution in [1.82, 2.24) is 0 Å². The van der Waals surface area contributed by atoms with Crippen molar-refractivity contribution in [3.63, 3.8) is 0 Å². The van der Waals surface area contributed by atoms with Crippen LogP contribution < -0.4 is 4.74 Å². The normalized spacial score (nSPS) is 11.0. The minimum atomic E-state index is -0.976. The molecule has 0 aliphatic rings. The van der Waals surface area contributed by atoms with Gasteiger partial charge in [-0.25, -0.2) is 4.79 Å². The van der Waals surface area contributed by atoms with Crippen LogP contribution in [0.3, 0.4) is 0 Å². The Kier molecular flexibility index (Phi) is 15.1. The maximum Gasteiger partial charge on any atom is 0.339 e. The Morgan fingerprint density at radius 1 is 0.862 bits per heavy atom. The molecule has 6 heteroatoms. The first kappa shape index (κ1) is 25.4. The number of benzene rings is 1. The summed E-state index contributed by atoms with van der Waals surface area (Å²) in [6.45, 7) is 3.97. The van der Waals surface area contributed by atoms with E-state index in [0.717, 1.165) is 18.4 Å². The Morgan fingerprint density at radius 2 is 1.48 bits per heavy atom. The molecule has 0 atom stereocenters. The van der Waals surface area contributed by atoms with E-state index in [2.05, 4.69) is 6.92 Å². The SMILES string of the molecule is CCCCCCCCCCc1ccc(OCCOCCOCCO)c(C(=O)O)c1. The van der Waals surface area contributed by atoms with E-state index >= 15 is 0 Å². The fourth-order valence-electron chi connectivity index (χ4n) is 3.09. The first-order valence-corrected chi connectivity index (χ1v) is 10.9. The number of aromatic carboxylic acids is 1. The third-order valence-corrected chi connectivity index (χ3v) is 4.69. The lowest BCUT2D eigenvalue weighted by molar-refractivity contribution is 0.0245. The second kappa shape index (κ2) is 17.2. The Balaban J connectivity index is 2.29. The zero-order valence-electron chi connectivity index (χ0n) is 17.9. The summed E-state index contributed by atoms with van der Waals surface area (Å²) in [4.78, 5) is 11.6. The molecular weight excluding hydrogens is 372 g/mol. The van der Waals surface area contributed by atoms with Crippen molar-refractivity contribution in [3.05, 3.63) is 29.3 Å².